The van der Waals surface area contributed by atoms with Gasteiger partial charge in [-0.1, -0.05) is 12.1 Å². The van der Waals surface area contributed by atoms with Gasteiger partial charge < -0.3 is 14.7 Å². The van der Waals surface area contributed by atoms with Crippen LogP contribution >= 0.6 is 0 Å². The van der Waals surface area contributed by atoms with Gasteiger partial charge in [-0.05, 0) is 30.7 Å². The van der Waals surface area contributed by atoms with Crippen LogP contribution in [-0.4, -0.2) is 47.7 Å². The highest BCUT2D eigenvalue weighted by atomic mass is 19.1. The van der Waals surface area contributed by atoms with Crippen molar-refractivity contribution < 1.29 is 23.8 Å². The van der Waals surface area contributed by atoms with E-state index < -0.39 is 12.1 Å². The van der Waals surface area contributed by atoms with Gasteiger partial charge in [0, 0.05) is 12.1 Å². The number of carboxylic acid groups (broad SMARTS) is 1. The minimum absolute atomic E-state index is 0.0305. The maximum atomic E-state index is 12.8. The number of carbonyl (C=O) groups excluding carboxylic acids is 1. The van der Waals surface area contributed by atoms with Gasteiger partial charge >= 0.3 is 5.97 Å². The van der Waals surface area contributed by atoms with Crippen LogP contribution in [0.25, 0.3) is 6.08 Å². The second-order valence-electron chi connectivity index (χ2n) is 4.83. The van der Waals surface area contributed by atoms with Crippen LogP contribution < -0.4 is 0 Å². The molecule has 1 unspecified atom stereocenters. The fraction of sp³-hybridized carbons (Fsp3) is 0.333. The maximum Gasteiger partial charge on any atom is 0.334 e. The molecule has 2 rings (SSSR count). The summed E-state index contributed by atoms with van der Waals surface area (Å²) in [6.07, 6.45) is 0.661. The summed E-state index contributed by atoms with van der Waals surface area (Å²) in [5.41, 5.74) is 1.18. The second-order valence-corrected chi connectivity index (χ2v) is 4.83. The molecule has 112 valence electrons. The summed E-state index contributed by atoms with van der Waals surface area (Å²) in [5.74, 6) is -1.66. The lowest BCUT2D eigenvalue weighted by Crippen LogP contribution is -2.48. The number of nitrogens with zero attached hydrogens (tertiary/aromatic N) is 1. The summed E-state index contributed by atoms with van der Waals surface area (Å²) in [6, 6.07) is 5.79. The lowest BCUT2D eigenvalue weighted by atomic mass is 10.1. The van der Waals surface area contributed by atoms with Crippen molar-refractivity contribution in [1.29, 1.82) is 0 Å². The molecule has 0 saturated carbocycles. The van der Waals surface area contributed by atoms with Crippen LogP contribution in [0, 0.1) is 5.82 Å². The molecule has 5 nitrogen and oxygen atoms in total. The highest BCUT2D eigenvalue weighted by Crippen LogP contribution is 2.13. The second kappa shape index (κ2) is 6.49. The molecule has 1 aromatic carbocycles. The summed E-state index contributed by atoms with van der Waals surface area (Å²) in [6.45, 7) is 2.24. The van der Waals surface area contributed by atoms with E-state index in [4.69, 9.17) is 9.84 Å². The zero-order valence-corrected chi connectivity index (χ0v) is 11.6. The highest BCUT2D eigenvalue weighted by Gasteiger charge is 2.29. The van der Waals surface area contributed by atoms with Crippen LogP contribution in [0.5, 0.6) is 0 Å². The van der Waals surface area contributed by atoms with Gasteiger partial charge in [-0.3, -0.25) is 4.79 Å². The van der Waals surface area contributed by atoms with E-state index in [1.807, 2.05) is 0 Å². The number of benzene rings is 1. The van der Waals surface area contributed by atoms with E-state index in [0.717, 1.165) is 0 Å². The Morgan fingerprint density at radius 3 is 2.67 bits per heavy atom. The fourth-order valence-corrected chi connectivity index (χ4v) is 2.10. The first kappa shape index (κ1) is 15.2. The van der Waals surface area contributed by atoms with Crippen LogP contribution in [0.4, 0.5) is 4.39 Å². The van der Waals surface area contributed by atoms with Gasteiger partial charge in [0.05, 0.1) is 13.2 Å². The van der Waals surface area contributed by atoms with Gasteiger partial charge in [0.2, 0.25) is 5.91 Å². The first-order chi connectivity index (χ1) is 9.97. The number of ether oxygens (including phenoxy) is 1. The topological polar surface area (TPSA) is 66.8 Å². The third-order valence-electron chi connectivity index (χ3n) is 3.22. The molecule has 1 atom stereocenters. The van der Waals surface area contributed by atoms with Gasteiger partial charge in [-0.2, -0.15) is 0 Å². The monoisotopic (exact) mass is 293 g/mol. The van der Waals surface area contributed by atoms with E-state index in [2.05, 4.69) is 0 Å². The van der Waals surface area contributed by atoms with E-state index in [1.165, 1.54) is 17.0 Å². The molecular formula is C15H16FNO4. The number of carboxylic acids is 1. The molecule has 0 bridgehead atoms. The third-order valence-corrected chi connectivity index (χ3v) is 3.22. The van der Waals surface area contributed by atoms with Crippen molar-refractivity contribution >= 4 is 18.0 Å². The number of aliphatic carboxylic acids is 1. The van der Waals surface area contributed by atoms with Gasteiger partial charge in [-0.25, -0.2) is 9.18 Å². The lowest BCUT2D eigenvalue weighted by molar-refractivity contribution is -0.158. The Kier molecular flexibility index (Phi) is 4.70. The number of carbonyl (C=O) groups is 2. The van der Waals surface area contributed by atoms with Crippen molar-refractivity contribution in [3.8, 4) is 0 Å². The first-order valence-electron chi connectivity index (χ1n) is 6.55. The van der Waals surface area contributed by atoms with Crippen molar-refractivity contribution in [2.75, 3.05) is 19.7 Å². The van der Waals surface area contributed by atoms with Crippen LogP contribution in [0.15, 0.2) is 29.8 Å². The molecule has 1 N–H and O–H groups in total. The van der Waals surface area contributed by atoms with Crippen molar-refractivity contribution in [2.24, 2.45) is 0 Å². The van der Waals surface area contributed by atoms with E-state index in [0.29, 0.717) is 17.7 Å². The van der Waals surface area contributed by atoms with Crippen molar-refractivity contribution in [3.05, 3.63) is 41.2 Å². The predicted octanol–water partition coefficient (Wildman–Crippen LogP) is 1.54. The molecule has 1 saturated heterocycles. The van der Waals surface area contributed by atoms with Crippen LogP contribution in [0.1, 0.15) is 12.5 Å². The van der Waals surface area contributed by atoms with E-state index in [-0.39, 0.29) is 24.9 Å². The van der Waals surface area contributed by atoms with E-state index in [9.17, 15) is 14.0 Å². The average Bonchev–Trinajstić information content (AvgIpc) is 2.49. The van der Waals surface area contributed by atoms with Crippen LogP contribution in [0.3, 0.4) is 0 Å². The highest BCUT2D eigenvalue weighted by molar-refractivity contribution is 5.97. The molecule has 1 aliphatic rings. The Morgan fingerprint density at radius 1 is 1.38 bits per heavy atom. The fourth-order valence-electron chi connectivity index (χ4n) is 2.10. The third kappa shape index (κ3) is 3.88. The summed E-state index contributed by atoms with van der Waals surface area (Å²) in [4.78, 5) is 24.6. The molecule has 0 radical (unpaired) electrons. The van der Waals surface area contributed by atoms with Gasteiger partial charge in [0.1, 0.15) is 5.82 Å². The number of amides is 1. The zero-order valence-electron chi connectivity index (χ0n) is 11.6. The van der Waals surface area contributed by atoms with Gasteiger partial charge in [0.15, 0.2) is 6.10 Å². The molecule has 1 aliphatic heterocycles. The van der Waals surface area contributed by atoms with Gasteiger partial charge in [-0.15, -0.1) is 0 Å². The normalized spacial score (nSPS) is 19.4. The minimum Gasteiger partial charge on any atom is -0.479 e. The van der Waals surface area contributed by atoms with Crippen LogP contribution in [0.2, 0.25) is 0 Å². The summed E-state index contributed by atoms with van der Waals surface area (Å²) < 4.78 is 17.9. The molecule has 0 aromatic heterocycles. The molecule has 0 spiro atoms. The van der Waals surface area contributed by atoms with Gasteiger partial charge in [0.25, 0.3) is 0 Å². The minimum atomic E-state index is -1.08. The quantitative estimate of drug-likeness (QED) is 0.859. The predicted molar refractivity (Wildman–Crippen MR) is 74.0 cm³/mol. The molecule has 1 fully saturated rings. The number of hydrogen-bond acceptors (Lipinski definition) is 3. The smallest absolute Gasteiger partial charge is 0.334 e. The molecule has 1 aromatic rings. The van der Waals surface area contributed by atoms with E-state index in [1.54, 1.807) is 25.1 Å². The Labute approximate surface area is 121 Å². The molecule has 6 heteroatoms. The molecule has 0 aliphatic carbocycles. The SMILES string of the molecule is C/C(=C\c1ccc(F)cc1)C(=O)N1CCOC(C(=O)O)C1. The molecule has 1 heterocycles. The standard InChI is InChI=1S/C15H16FNO4/c1-10(8-11-2-4-12(16)5-3-11)14(18)17-6-7-21-13(9-17)15(19)20/h2-5,8,13H,6-7,9H2,1H3,(H,19,20)/b10-8+. The van der Waals surface area contributed by atoms with Crippen molar-refractivity contribution in [1.82, 2.24) is 4.90 Å². The largest absolute Gasteiger partial charge is 0.479 e. The summed E-state index contributed by atoms with van der Waals surface area (Å²) >= 11 is 0. The summed E-state index contributed by atoms with van der Waals surface area (Å²) in [7, 11) is 0. The number of hydrogen-bond donors (Lipinski definition) is 1. The molecular weight excluding hydrogens is 277 g/mol. The Morgan fingerprint density at radius 2 is 2.05 bits per heavy atom. The number of halogens is 1. The molecule has 21 heavy (non-hydrogen) atoms. The zero-order chi connectivity index (χ0) is 15.4. The first-order valence-corrected chi connectivity index (χ1v) is 6.55. The van der Waals surface area contributed by atoms with E-state index >= 15 is 0 Å². The Hall–Kier alpha value is -2.21. The summed E-state index contributed by atoms with van der Waals surface area (Å²) in [5, 5.41) is 8.92. The Balaban J connectivity index is 2.08. The number of rotatable bonds is 3. The lowest BCUT2D eigenvalue weighted by Gasteiger charge is -2.31. The number of morpholine rings is 1. The Bertz CT molecular complexity index is 568. The van der Waals surface area contributed by atoms with Crippen molar-refractivity contribution in [3.63, 3.8) is 0 Å². The maximum absolute atomic E-state index is 12.8. The van der Waals surface area contributed by atoms with Crippen LogP contribution in [-0.2, 0) is 14.3 Å². The van der Waals surface area contributed by atoms with Crippen molar-refractivity contribution in [2.45, 2.75) is 13.0 Å². The molecule has 1 amide bonds. The average molecular weight is 293 g/mol.